The maximum absolute atomic E-state index is 12.9. The highest BCUT2D eigenvalue weighted by atomic mass is 16.5. The van der Waals surface area contributed by atoms with E-state index in [-0.39, 0.29) is 11.8 Å². The van der Waals surface area contributed by atoms with Crippen LogP contribution in [0.5, 0.6) is 5.75 Å². The second kappa shape index (κ2) is 9.17. The summed E-state index contributed by atoms with van der Waals surface area (Å²) in [5.41, 5.74) is 5.76. The summed E-state index contributed by atoms with van der Waals surface area (Å²) >= 11 is 0. The zero-order valence-electron chi connectivity index (χ0n) is 19.8. The van der Waals surface area contributed by atoms with Crippen LogP contribution in [0.4, 0.5) is 11.5 Å². The number of ether oxygens (including phenoxy) is 1. The first-order chi connectivity index (χ1) is 16.5. The van der Waals surface area contributed by atoms with Crippen molar-refractivity contribution >= 4 is 23.1 Å². The van der Waals surface area contributed by atoms with Crippen LogP contribution < -0.4 is 15.0 Å². The van der Waals surface area contributed by atoms with Gasteiger partial charge >= 0.3 is 0 Å². The Morgan fingerprint density at radius 1 is 1.03 bits per heavy atom. The van der Waals surface area contributed by atoms with E-state index in [9.17, 15) is 4.79 Å². The average molecular weight is 456 g/mol. The lowest BCUT2D eigenvalue weighted by Gasteiger charge is -2.33. The predicted molar refractivity (Wildman–Crippen MR) is 134 cm³/mol. The number of fused-ring (bicyclic) bond motifs is 1. The van der Waals surface area contributed by atoms with Crippen LogP contribution in [-0.2, 0) is 4.79 Å². The number of carbonyl (C=O) groups is 1. The van der Waals surface area contributed by atoms with Crippen molar-refractivity contribution in [2.45, 2.75) is 26.7 Å². The van der Waals surface area contributed by atoms with Gasteiger partial charge in [-0.3, -0.25) is 4.79 Å². The number of rotatable bonds is 5. The van der Waals surface area contributed by atoms with Gasteiger partial charge in [0.15, 0.2) is 5.65 Å². The topological polar surface area (TPSA) is 71.8 Å². The predicted octanol–water partition coefficient (Wildman–Crippen LogP) is 4.88. The number of hydrogen-bond acceptors (Lipinski definition) is 5. The van der Waals surface area contributed by atoms with E-state index in [1.54, 1.807) is 7.11 Å². The molecular weight excluding hydrogens is 426 g/mol. The second-order valence-corrected chi connectivity index (χ2v) is 8.90. The molecule has 2 aromatic heterocycles. The molecule has 0 spiro atoms. The number of amides is 1. The zero-order chi connectivity index (χ0) is 23.7. The molecule has 1 fully saturated rings. The standard InChI is InChI=1S/C27H29N5O2/c1-18-7-9-20(10-8-18)24-17-25-28-19(2)15-26(32(25)30-24)31-13-11-21(12-14-31)27(33)29-22-5-4-6-23(16-22)34-3/h4-10,15-17,21H,11-14H2,1-3H3,(H,29,33). The number of piperidine rings is 1. The minimum atomic E-state index is -0.0263. The molecular formula is C27H29N5O2. The Morgan fingerprint density at radius 2 is 1.79 bits per heavy atom. The molecule has 2 aromatic carbocycles. The minimum Gasteiger partial charge on any atom is -0.497 e. The Kier molecular flexibility index (Phi) is 5.92. The smallest absolute Gasteiger partial charge is 0.227 e. The van der Waals surface area contributed by atoms with Gasteiger partial charge in [0.05, 0.1) is 12.8 Å². The molecule has 174 valence electrons. The highest BCUT2D eigenvalue weighted by molar-refractivity contribution is 5.92. The van der Waals surface area contributed by atoms with Crippen molar-refractivity contribution in [2.75, 3.05) is 30.4 Å². The van der Waals surface area contributed by atoms with E-state index in [0.29, 0.717) is 0 Å². The normalized spacial score (nSPS) is 14.4. The third-order valence-electron chi connectivity index (χ3n) is 6.41. The summed E-state index contributed by atoms with van der Waals surface area (Å²) < 4.78 is 7.18. The van der Waals surface area contributed by atoms with Crippen molar-refractivity contribution < 1.29 is 9.53 Å². The molecule has 4 aromatic rings. The van der Waals surface area contributed by atoms with Gasteiger partial charge in [-0.05, 0) is 38.8 Å². The zero-order valence-corrected chi connectivity index (χ0v) is 19.8. The fourth-order valence-electron chi connectivity index (χ4n) is 4.49. The van der Waals surface area contributed by atoms with Crippen LogP contribution >= 0.6 is 0 Å². The average Bonchev–Trinajstić information content (AvgIpc) is 3.28. The van der Waals surface area contributed by atoms with Crippen LogP contribution in [-0.4, -0.2) is 40.7 Å². The van der Waals surface area contributed by atoms with Crippen LogP contribution in [0.1, 0.15) is 24.1 Å². The lowest BCUT2D eigenvalue weighted by Crippen LogP contribution is -2.39. The van der Waals surface area contributed by atoms with Gasteiger partial charge in [0.1, 0.15) is 11.6 Å². The van der Waals surface area contributed by atoms with Crippen LogP contribution in [0, 0.1) is 19.8 Å². The summed E-state index contributed by atoms with van der Waals surface area (Å²) in [5.74, 6) is 1.78. The first-order valence-electron chi connectivity index (χ1n) is 11.6. The number of anilines is 2. The molecule has 34 heavy (non-hydrogen) atoms. The summed E-state index contributed by atoms with van der Waals surface area (Å²) in [4.78, 5) is 19.9. The number of hydrogen-bond donors (Lipinski definition) is 1. The van der Waals surface area contributed by atoms with E-state index in [4.69, 9.17) is 14.8 Å². The van der Waals surface area contributed by atoms with Gasteiger partial charge in [0.25, 0.3) is 0 Å². The van der Waals surface area contributed by atoms with Crippen molar-refractivity contribution in [2.24, 2.45) is 5.92 Å². The molecule has 5 rings (SSSR count). The Bertz CT molecular complexity index is 1320. The van der Waals surface area contributed by atoms with Crippen LogP contribution in [0.2, 0.25) is 0 Å². The van der Waals surface area contributed by atoms with Crippen LogP contribution in [0.3, 0.4) is 0 Å². The molecule has 1 amide bonds. The number of carbonyl (C=O) groups excluding carboxylic acids is 1. The van der Waals surface area contributed by atoms with E-state index in [1.807, 2.05) is 41.8 Å². The van der Waals surface area contributed by atoms with Crippen molar-refractivity contribution in [1.82, 2.24) is 14.6 Å². The molecule has 7 nitrogen and oxygen atoms in total. The lowest BCUT2D eigenvalue weighted by atomic mass is 9.95. The fourth-order valence-corrected chi connectivity index (χ4v) is 4.49. The number of nitrogens with zero attached hydrogens (tertiary/aromatic N) is 4. The van der Waals surface area contributed by atoms with Gasteiger partial charge in [-0.15, -0.1) is 0 Å². The molecule has 0 atom stereocenters. The lowest BCUT2D eigenvalue weighted by molar-refractivity contribution is -0.120. The number of methoxy groups -OCH3 is 1. The van der Waals surface area contributed by atoms with Gasteiger partial charge in [-0.25, -0.2) is 4.98 Å². The SMILES string of the molecule is COc1cccc(NC(=O)C2CCN(c3cc(C)nc4cc(-c5ccc(C)cc5)nn34)CC2)c1. The van der Waals surface area contributed by atoms with E-state index < -0.39 is 0 Å². The highest BCUT2D eigenvalue weighted by Crippen LogP contribution is 2.28. The largest absolute Gasteiger partial charge is 0.497 e. The number of aromatic nitrogens is 3. The van der Waals surface area contributed by atoms with Crippen LogP contribution in [0.25, 0.3) is 16.9 Å². The van der Waals surface area contributed by atoms with E-state index in [2.05, 4.69) is 47.5 Å². The molecule has 1 aliphatic rings. The molecule has 0 radical (unpaired) electrons. The molecule has 0 unspecified atom stereocenters. The number of nitrogens with one attached hydrogen (secondary N) is 1. The van der Waals surface area contributed by atoms with Gasteiger partial charge in [0.2, 0.25) is 5.91 Å². The highest BCUT2D eigenvalue weighted by Gasteiger charge is 2.27. The fraction of sp³-hybridized carbons (Fsp3) is 0.296. The third-order valence-corrected chi connectivity index (χ3v) is 6.41. The van der Waals surface area contributed by atoms with Crippen molar-refractivity contribution in [3.63, 3.8) is 0 Å². The van der Waals surface area contributed by atoms with E-state index in [1.165, 1.54) is 5.56 Å². The molecule has 3 heterocycles. The first kappa shape index (κ1) is 21.9. The Hall–Kier alpha value is -3.87. The Balaban J connectivity index is 1.32. The van der Waals surface area contributed by atoms with Crippen molar-refractivity contribution in [3.05, 3.63) is 71.9 Å². The summed E-state index contributed by atoms with van der Waals surface area (Å²) in [6.07, 6.45) is 1.56. The molecule has 7 heteroatoms. The third kappa shape index (κ3) is 4.46. The molecule has 1 saturated heterocycles. The van der Waals surface area contributed by atoms with Crippen molar-refractivity contribution in [3.8, 4) is 17.0 Å². The minimum absolute atomic E-state index is 0.0263. The number of aryl methyl sites for hydroxylation is 2. The van der Waals surface area contributed by atoms with E-state index in [0.717, 1.165) is 65.8 Å². The first-order valence-corrected chi connectivity index (χ1v) is 11.6. The monoisotopic (exact) mass is 455 g/mol. The maximum atomic E-state index is 12.9. The summed E-state index contributed by atoms with van der Waals surface area (Å²) in [6, 6.07) is 20.0. The molecule has 1 aliphatic heterocycles. The molecule has 0 bridgehead atoms. The molecule has 0 aliphatic carbocycles. The van der Waals surface area contributed by atoms with Gasteiger partial charge in [-0.1, -0.05) is 35.9 Å². The van der Waals surface area contributed by atoms with Crippen LogP contribution in [0.15, 0.2) is 60.7 Å². The van der Waals surface area contributed by atoms with Gasteiger partial charge < -0.3 is 15.0 Å². The molecule has 0 saturated carbocycles. The van der Waals surface area contributed by atoms with Gasteiger partial charge in [-0.2, -0.15) is 9.61 Å². The quantitative estimate of drug-likeness (QED) is 0.465. The van der Waals surface area contributed by atoms with E-state index >= 15 is 0 Å². The molecule has 1 N–H and O–H groups in total. The Morgan fingerprint density at radius 3 is 2.53 bits per heavy atom. The maximum Gasteiger partial charge on any atom is 0.227 e. The summed E-state index contributed by atoms with van der Waals surface area (Å²) in [6.45, 7) is 5.66. The summed E-state index contributed by atoms with van der Waals surface area (Å²) in [5, 5.41) is 7.92. The number of benzene rings is 2. The Labute approximate surface area is 199 Å². The van der Waals surface area contributed by atoms with Gasteiger partial charge in [0, 0.05) is 54.2 Å². The second-order valence-electron chi connectivity index (χ2n) is 8.90. The van der Waals surface area contributed by atoms with Crippen molar-refractivity contribution in [1.29, 1.82) is 0 Å². The summed E-state index contributed by atoms with van der Waals surface area (Å²) in [7, 11) is 1.62.